The standard InChI is InChI=1S/C24H25FN10O8P2S2/c1-10-14-11(4-12(14)34-8-30-16-19(26)28-7-29-20(16)34)5-39-45(38,47)43-18-15(25)13(6-40-44(37,46)42-10)41-23(18)35-9-31-17-21(35)32-24-27-2-3-33(24)22(17)36/h2-3,7-9,11-15,18,23H,1,4-6H2,(H,27,32)(H,37,46)(H,38,47)(H2,26,28,29)/t11-,12-,13-,14-,15-,18-,23-,44?,45?/m1/s1. The predicted molar refractivity (Wildman–Crippen MR) is 168 cm³/mol. The summed E-state index contributed by atoms with van der Waals surface area (Å²) in [6, 6.07) is -0.351. The highest BCUT2D eigenvalue weighted by atomic mass is 32.7. The van der Waals surface area contributed by atoms with Gasteiger partial charge in [0.2, 0.25) is 5.78 Å². The first-order chi connectivity index (χ1) is 22.4. The molecule has 248 valence electrons. The third-order valence-electron chi connectivity index (χ3n) is 8.55. The van der Waals surface area contributed by atoms with E-state index in [1.165, 1.54) is 34.0 Å². The van der Waals surface area contributed by atoms with Crippen LogP contribution in [0.15, 0.2) is 48.5 Å². The lowest BCUT2D eigenvalue weighted by Crippen LogP contribution is -2.42. The lowest BCUT2D eigenvalue weighted by Gasteiger charge is -2.46. The van der Waals surface area contributed by atoms with Crippen LogP contribution in [0.1, 0.15) is 18.7 Å². The molecule has 4 N–H and O–H groups in total. The maximum atomic E-state index is 16.1. The average Bonchev–Trinajstić information content (AvgIpc) is 3.78. The third kappa shape index (κ3) is 5.21. The SMILES string of the molecule is C=C1OP(O)(=S)OC[C@H]2O[C@@H](n3cnc4c(=O)n5ccnc5[nH]c43)[C@H](OP(=O)(S)OC[C@H]3C[C@@H](n4cnc5c(N)ncnc54)[C@H]13)[C@@H]2F. The lowest BCUT2D eigenvalue weighted by molar-refractivity contribution is -0.0445. The number of nitrogens with two attached hydrogens (primary N) is 1. The molecule has 0 amide bonds. The third-order valence-corrected chi connectivity index (χ3v) is 11.6. The van der Waals surface area contributed by atoms with E-state index >= 15 is 4.39 Å². The molecule has 1 saturated carbocycles. The number of nitrogens with zero attached hydrogens (tertiary/aromatic N) is 8. The van der Waals surface area contributed by atoms with E-state index in [1.54, 1.807) is 10.9 Å². The van der Waals surface area contributed by atoms with Gasteiger partial charge in [-0.3, -0.25) is 18.4 Å². The van der Waals surface area contributed by atoms with Gasteiger partial charge in [0.25, 0.3) is 5.56 Å². The molecule has 9 atom stereocenters. The zero-order valence-electron chi connectivity index (χ0n) is 23.8. The number of nitrogen functional groups attached to an aromatic ring is 1. The summed E-state index contributed by atoms with van der Waals surface area (Å²) in [5, 5.41) is 0. The van der Waals surface area contributed by atoms with Crippen molar-refractivity contribution in [1.82, 2.24) is 43.4 Å². The minimum Gasteiger partial charge on any atom is -0.429 e. The minimum atomic E-state index is -4.26. The number of allylic oxidation sites excluding steroid dienone is 1. The van der Waals surface area contributed by atoms with Gasteiger partial charge in [0.05, 0.1) is 25.9 Å². The number of hydrogen-bond donors (Lipinski definition) is 4. The first-order valence-corrected chi connectivity index (χ1v) is 19.4. The second-order valence-electron chi connectivity index (χ2n) is 11.2. The van der Waals surface area contributed by atoms with Crippen molar-refractivity contribution in [2.75, 3.05) is 18.9 Å². The molecule has 8 rings (SSSR count). The molecule has 3 fully saturated rings. The number of nitrogens with one attached hydrogen (secondary N) is 1. The van der Waals surface area contributed by atoms with Crippen LogP contribution in [0.2, 0.25) is 0 Å². The molecule has 0 radical (unpaired) electrons. The number of hydrogen-bond acceptors (Lipinski definition) is 14. The largest absolute Gasteiger partial charge is 0.429 e. The Morgan fingerprint density at radius 3 is 2.77 bits per heavy atom. The van der Waals surface area contributed by atoms with Crippen molar-refractivity contribution < 1.29 is 36.7 Å². The summed E-state index contributed by atoms with van der Waals surface area (Å²) in [7, 11) is 0. The number of fused-ring (bicyclic) bond motifs is 6. The van der Waals surface area contributed by atoms with Crippen molar-refractivity contribution in [3.05, 3.63) is 54.1 Å². The van der Waals surface area contributed by atoms with Crippen LogP contribution in [0.3, 0.4) is 0 Å². The molecule has 0 aromatic carbocycles. The van der Waals surface area contributed by atoms with E-state index in [0.29, 0.717) is 17.6 Å². The van der Waals surface area contributed by atoms with E-state index in [4.69, 9.17) is 40.4 Å². The number of thiol groups is 1. The van der Waals surface area contributed by atoms with E-state index in [9.17, 15) is 14.3 Å². The van der Waals surface area contributed by atoms with Gasteiger partial charge < -0.3 is 34.0 Å². The van der Waals surface area contributed by atoms with Crippen molar-refractivity contribution in [2.45, 2.75) is 37.1 Å². The van der Waals surface area contributed by atoms with Crippen LogP contribution < -0.4 is 11.3 Å². The maximum absolute atomic E-state index is 16.1. The lowest BCUT2D eigenvalue weighted by atomic mass is 9.68. The smallest absolute Gasteiger partial charge is 0.386 e. The summed E-state index contributed by atoms with van der Waals surface area (Å²) in [6.45, 7) is -5.07. The second kappa shape index (κ2) is 11.1. The van der Waals surface area contributed by atoms with Crippen LogP contribution >= 0.6 is 25.8 Å². The fraction of sp³-hybridized carbons (Fsp3) is 0.417. The Morgan fingerprint density at radius 1 is 1.15 bits per heavy atom. The fourth-order valence-electron chi connectivity index (χ4n) is 6.33. The maximum Gasteiger partial charge on any atom is 0.386 e. The van der Waals surface area contributed by atoms with Gasteiger partial charge in [0.1, 0.15) is 35.5 Å². The molecule has 7 heterocycles. The molecule has 2 saturated heterocycles. The van der Waals surface area contributed by atoms with Gasteiger partial charge in [-0.2, -0.15) is 0 Å². The van der Waals surface area contributed by atoms with Crippen LogP contribution in [0.5, 0.6) is 0 Å². The van der Waals surface area contributed by atoms with Gasteiger partial charge in [0.15, 0.2) is 29.4 Å². The zero-order chi connectivity index (χ0) is 32.8. The van der Waals surface area contributed by atoms with Gasteiger partial charge in [-0.1, -0.05) is 18.8 Å². The van der Waals surface area contributed by atoms with Crippen molar-refractivity contribution in [3.63, 3.8) is 0 Å². The molecule has 47 heavy (non-hydrogen) atoms. The van der Waals surface area contributed by atoms with Crippen molar-refractivity contribution >= 4 is 71.5 Å². The molecule has 2 unspecified atom stereocenters. The Balaban J connectivity index is 1.12. The molecular weight excluding hydrogens is 701 g/mol. The van der Waals surface area contributed by atoms with Crippen molar-refractivity contribution in [2.24, 2.45) is 11.8 Å². The number of aromatic nitrogens is 9. The highest BCUT2D eigenvalue weighted by molar-refractivity contribution is 8.44. The Hall–Kier alpha value is -3.26. The number of imidazole rings is 3. The van der Waals surface area contributed by atoms with Crippen LogP contribution in [0.4, 0.5) is 10.2 Å². The van der Waals surface area contributed by atoms with E-state index in [-0.39, 0.29) is 41.2 Å². The summed E-state index contributed by atoms with van der Waals surface area (Å²) in [4.78, 5) is 47.8. The monoisotopic (exact) mass is 726 g/mol. The second-order valence-corrected chi connectivity index (χ2v) is 16.9. The van der Waals surface area contributed by atoms with Gasteiger partial charge in [-0.25, -0.2) is 38.3 Å². The summed E-state index contributed by atoms with van der Waals surface area (Å²) in [5.74, 6) is -0.482. The van der Waals surface area contributed by atoms with Gasteiger partial charge in [-0.15, -0.1) is 0 Å². The Bertz CT molecular complexity index is 2230. The summed E-state index contributed by atoms with van der Waals surface area (Å²) in [6.07, 6.45) is 1.10. The zero-order valence-corrected chi connectivity index (χ0v) is 27.3. The van der Waals surface area contributed by atoms with Gasteiger partial charge in [0, 0.05) is 36.2 Å². The molecule has 5 aromatic heterocycles. The molecule has 2 aliphatic heterocycles. The van der Waals surface area contributed by atoms with E-state index < -0.39 is 62.1 Å². The fourth-order valence-corrected chi connectivity index (χ4v) is 9.10. The van der Waals surface area contributed by atoms with E-state index in [0.717, 1.165) is 0 Å². The molecule has 1 aliphatic carbocycles. The highest BCUT2D eigenvalue weighted by Gasteiger charge is 2.52. The molecule has 2 bridgehead atoms. The molecule has 5 aromatic rings. The predicted octanol–water partition coefficient (Wildman–Crippen LogP) is 2.42. The number of anilines is 1. The number of H-pyrrole nitrogens is 1. The number of alkyl halides is 1. The molecule has 0 spiro atoms. The topological polar surface area (TPSA) is 221 Å². The van der Waals surface area contributed by atoms with Crippen LogP contribution in [0, 0.1) is 11.8 Å². The van der Waals surface area contributed by atoms with E-state index in [1.807, 2.05) is 0 Å². The molecule has 3 aliphatic rings. The van der Waals surface area contributed by atoms with Crippen LogP contribution in [-0.4, -0.2) is 79.9 Å². The van der Waals surface area contributed by atoms with Crippen LogP contribution in [0.25, 0.3) is 28.1 Å². The first-order valence-electron chi connectivity index (χ1n) is 14.1. The van der Waals surface area contributed by atoms with Gasteiger partial charge in [-0.05, 0) is 12.3 Å². The minimum absolute atomic E-state index is 0.00678. The number of aromatic amines is 1. The first kappa shape index (κ1) is 31.0. The van der Waals surface area contributed by atoms with Crippen LogP contribution in [-0.2, 0) is 39.2 Å². The summed E-state index contributed by atoms with van der Waals surface area (Å²) in [5.41, 5.74) is 6.50. The Labute approximate surface area is 273 Å². The average molecular weight is 727 g/mol. The number of ether oxygens (including phenoxy) is 1. The number of halogens is 1. The highest BCUT2D eigenvalue weighted by Crippen LogP contribution is 2.61. The molecule has 23 heteroatoms. The van der Waals surface area contributed by atoms with Gasteiger partial charge >= 0.3 is 13.5 Å². The quantitative estimate of drug-likeness (QED) is 0.152. The molecule has 18 nitrogen and oxygen atoms in total. The number of rotatable bonds is 2. The van der Waals surface area contributed by atoms with Crippen molar-refractivity contribution in [1.29, 1.82) is 0 Å². The Kier molecular flexibility index (Phi) is 7.36. The summed E-state index contributed by atoms with van der Waals surface area (Å²) < 4.78 is 62.7. The normalized spacial score (nSPS) is 35.0. The van der Waals surface area contributed by atoms with Crippen molar-refractivity contribution in [3.8, 4) is 0 Å². The summed E-state index contributed by atoms with van der Waals surface area (Å²) >= 11 is 9.43. The molecular formula is C24H25FN10O8P2S2. The Morgan fingerprint density at radius 2 is 1.94 bits per heavy atom. The van der Waals surface area contributed by atoms with E-state index in [2.05, 4.69) is 48.7 Å².